The molecule has 1 aliphatic carbocycles. The Balaban J connectivity index is 1.79. The number of amides is 1. The first-order valence-electron chi connectivity index (χ1n) is 5.93. The maximum atomic E-state index is 11.6. The Labute approximate surface area is 106 Å². The van der Waals surface area contributed by atoms with Gasteiger partial charge in [-0.05, 0) is 24.5 Å². The van der Waals surface area contributed by atoms with Crippen molar-refractivity contribution in [2.75, 3.05) is 0 Å². The Bertz CT molecular complexity index is 389. The van der Waals surface area contributed by atoms with Crippen molar-refractivity contribution in [3.8, 4) is 0 Å². The summed E-state index contributed by atoms with van der Waals surface area (Å²) in [5.41, 5.74) is 3.32. The van der Waals surface area contributed by atoms with Gasteiger partial charge in [-0.1, -0.05) is 42.6 Å². The average Bonchev–Trinajstić information content (AvgIpc) is 2.82. The Kier molecular flexibility index (Phi) is 4.40. The molecular formula is C13H16ClNO2. The average molecular weight is 254 g/mol. The minimum Gasteiger partial charge on any atom is -0.272 e. The van der Waals surface area contributed by atoms with Gasteiger partial charge in [-0.2, -0.15) is 0 Å². The van der Waals surface area contributed by atoms with Crippen LogP contribution >= 0.6 is 11.6 Å². The molecule has 3 nitrogen and oxygen atoms in total. The third-order valence-corrected chi connectivity index (χ3v) is 3.32. The first-order valence-corrected chi connectivity index (χ1v) is 6.31. The van der Waals surface area contributed by atoms with Crippen LogP contribution in [0.4, 0.5) is 0 Å². The van der Waals surface area contributed by atoms with Gasteiger partial charge in [0.2, 0.25) is 5.91 Å². The maximum Gasteiger partial charge on any atom is 0.248 e. The zero-order chi connectivity index (χ0) is 12.1. The van der Waals surface area contributed by atoms with Gasteiger partial charge in [0.05, 0.1) is 12.5 Å². The number of rotatable bonds is 4. The Morgan fingerprint density at radius 2 is 2.06 bits per heavy atom. The summed E-state index contributed by atoms with van der Waals surface area (Å²) in [6, 6.07) is 7.34. The summed E-state index contributed by atoms with van der Waals surface area (Å²) in [6.45, 7) is 0. The fourth-order valence-electron chi connectivity index (χ4n) is 2.01. The molecule has 0 spiro atoms. The molecule has 0 radical (unpaired) electrons. The van der Waals surface area contributed by atoms with E-state index < -0.39 is 0 Å². The second-order valence-corrected chi connectivity index (χ2v) is 4.72. The predicted octanol–water partition coefficient (Wildman–Crippen LogP) is 2.87. The van der Waals surface area contributed by atoms with Crippen molar-refractivity contribution in [1.29, 1.82) is 0 Å². The van der Waals surface area contributed by atoms with Gasteiger partial charge in [-0.15, -0.1) is 0 Å². The highest BCUT2D eigenvalue weighted by Gasteiger charge is 2.17. The zero-order valence-electron chi connectivity index (χ0n) is 9.62. The molecule has 4 heteroatoms. The number of benzene rings is 1. The van der Waals surface area contributed by atoms with E-state index in [-0.39, 0.29) is 18.4 Å². The number of hydroxylamine groups is 1. The number of carbonyl (C=O) groups is 1. The Morgan fingerprint density at radius 3 is 2.76 bits per heavy atom. The molecule has 0 heterocycles. The van der Waals surface area contributed by atoms with E-state index in [1.165, 1.54) is 12.8 Å². The monoisotopic (exact) mass is 253 g/mol. The zero-order valence-corrected chi connectivity index (χ0v) is 10.4. The van der Waals surface area contributed by atoms with Gasteiger partial charge in [0.25, 0.3) is 0 Å². The second-order valence-electron chi connectivity index (χ2n) is 4.32. The van der Waals surface area contributed by atoms with Crippen LogP contribution in [0, 0.1) is 0 Å². The fraction of sp³-hybridized carbons (Fsp3) is 0.462. The summed E-state index contributed by atoms with van der Waals surface area (Å²) < 4.78 is 0. The molecule has 0 saturated heterocycles. The lowest BCUT2D eigenvalue weighted by atomic mass is 10.1. The van der Waals surface area contributed by atoms with Crippen LogP contribution in [0.2, 0.25) is 5.02 Å². The van der Waals surface area contributed by atoms with E-state index >= 15 is 0 Å². The van der Waals surface area contributed by atoms with Crippen molar-refractivity contribution in [1.82, 2.24) is 5.48 Å². The van der Waals surface area contributed by atoms with Crippen LogP contribution < -0.4 is 5.48 Å². The van der Waals surface area contributed by atoms with Gasteiger partial charge < -0.3 is 0 Å². The van der Waals surface area contributed by atoms with Crippen LogP contribution in [0.3, 0.4) is 0 Å². The van der Waals surface area contributed by atoms with Crippen molar-refractivity contribution < 1.29 is 9.63 Å². The van der Waals surface area contributed by atoms with Crippen LogP contribution in [0.1, 0.15) is 31.2 Å². The van der Waals surface area contributed by atoms with Crippen molar-refractivity contribution >= 4 is 17.5 Å². The lowest BCUT2D eigenvalue weighted by Crippen LogP contribution is -2.29. The number of carbonyl (C=O) groups excluding carboxylic acids is 1. The minimum absolute atomic E-state index is 0.148. The molecular weight excluding hydrogens is 238 g/mol. The van der Waals surface area contributed by atoms with Crippen molar-refractivity contribution in [3.63, 3.8) is 0 Å². The summed E-state index contributed by atoms with van der Waals surface area (Å²) in [4.78, 5) is 17.0. The SMILES string of the molecule is O=C(Cc1ccccc1Cl)NOC1CCCC1. The smallest absolute Gasteiger partial charge is 0.248 e. The van der Waals surface area contributed by atoms with E-state index in [2.05, 4.69) is 5.48 Å². The van der Waals surface area contributed by atoms with Crippen LogP contribution in [0.15, 0.2) is 24.3 Å². The second kappa shape index (κ2) is 6.03. The molecule has 1 aromatic carbocycles. The van der Waals surface area contributed by atoms with E-state index in [4.69, 9.17) is 16.4 Å². The molecule has 17 heavy (non-hydrogen) atoms. The first kappa shape index (κ1) is 12.4. The fourth-order valence-corrected chi connectivity index (χ4v) is 2.21. The molecule has 0 unspecified atom stereocenters. The highest BCUT2D eigenvalue weighted by atomic mass is 35.5. The normalized spacial score (nSPS) is 16.1. The summed E-state index contributed by atoms with van der Waals surface area (Å²) in [5.74, 6) is -0.148. The maximum absolute atomic E-state index is 11.6. The number of nitrogens with one attached hydrogen (secondary N) is 1. The number of hydrogen-bond donors (Lipinski definition) is 1. The molecule has 0 atom stereocenters. The molecule has 1 aliphatic rings. The molecule has 2 rings (SSSR count). The van der Waals surface area contributed by atoms with E-state index in [1.54, 1.807) is 6.07 Å². The third-order valence-electron chi connectivity index (χ3n) is 2.95. The standard InChI is InChI=1S/C13H16ClNO2/c14-12-8-4-1-5-10(12)9-13(16)15-17-11-6-2-3-7-11/h1,4-5,8,11H,2-3,6-7,9H2,(H,15,16). The minimum atomic E-state index is -0.148. The highest BCUT2D eigenvalue weighted by molar-refractivity contribution is 6.31. The van der Waals surface area contributed by atoms with Crippen molar-refractivity contribution in [3.05, 3.63) is 34.9 Å². The van der Waals surface area contributed by atoms with Crippen LogP contribution in [0.25, 0.3) is 0 Å². The Hall–Kier alpha value is -1.06. The Morgan fingerprint density at radius 1 is 1.35 bits per heavy atom. The third kappa shape index (κ3) is 3.72. The quantitative estimate of drug-likeness (QED) is 0.838. The molecule has 1 N–H and O–H groups in total. The number of halogens is 1. The van der Waals surface area contributed by atoms with E-state index in [0.717, 1.165) is 18.4 Å². The molecule has 92 valence electrons. The van der Waals surface area contributed by atoms with Crippen LogP contribution in [-0.4, -0.2) is 12.0 Å². The van der Waals surface area contributed by atoms with Gasteiger partial charge in [-0.25, -0.2) is 5.48 Å². The first-order chi connectivity index (χ1) is 8.25. The van der Waals surface area contributed by atoms with Gasteiger partial charge >= 0.3 is 0 Å². The lowest BCUT2D eigenvalue weighted by Gasteiger charge is -2.11. The van der Waals surface area contributed by atoms with Gasteiger partial charge in [0, 0.05) is 5.02 Å². The van der Waals surface area contributed by atoms with Crippen molar-refractivity contribution in [2.45, 2.75) is 38.2 Å². The van der Waals surface area contributed by atoms with Gasteiger partial charge in [-0.3, -0.25) is 9.63 Å². The molecule has 1 saturated carbocycles. The molecule has 0 aliphatic heterocycles. The van der Waals surface area contributed by atoms with E-state index in [1.807, 2.05) is 18.2 Å². The highest BCUT2D eigenvalue weighted by Crippen LogP contribution is 2.20. The van der Waals surface area contributed by atoms with E-state index in [0.29, 0.717) is 5.02 Å². The molecule has 1 amide bonds. The predicted molar refractivity (Wildman–Crippen MR) is 66.6 cm³/mol. The summed E-state index contributed by atoms with van der Waals surface area (Å²) in [7, 11) is 0. The molecule has 1 fully saturated rings. The van der Waals surface area contributed by atoms with E-state index in [9.17, 15) is 4.79 Å². The topological polar surface area (TPSA) is 38.3 Å². The molecule has 0 aromatic heterocycles. The molecule has 0 bridgehead atoms. The lowest BCUT2D eigenvalue weighted by molar-refractivity contribution is -0.137. The summed E-state index contributed by atoms with van der Waals surface area (Å²) >= 11 is 5.97. The van der Waals surface area contributed by atoms with Crippen LogP contribution in [-0.2, 0) is 16.1 Å². The summed E-state index contributed by atoms with van der Waals surface area (Å²) in [5, 5.41) is 0.614. The van der Waals surface area contributed by atoms with Crippen LogP contribution in [0.5, 0.6) is 0 Å². The molecule has 1 aromatic rings. The number of hydrogen-bond acceptors (Lipinski definition) is 2. The van der Waals surface area contributed by atoms with Gasteiger partial charge in [0.15, 0.2) is 0 Å². The largest absolute Gasteiger partial charge is 0.272 e. The van der Waals surface area contributed by atoms with Gasteiger partial charge in [0.1, 0.15) is 0 Å². The van der Waals surface area contributed by atoms with Crippen molar-refractivity contribution in [2.24, 2.45) is 0 Å². The summed E-state index contributed by atoms with van der Waals surface area (Å²) in [6.07, 6.45) is 4.88.